The first-order valence-electron chi connectivity index (χ1n) is 6.56. The Morgan fingerprint density at radius 3 is 2.95 bits per heavy atom. The molecule has 106 valence electrons. The number of furan rings is 1. The maximum atomic E-state index is 11.5. The molecule has 1 aromatic rings. The average molecular weight is 266 g/mol. The molecule has 1 N–H and O–H groups in total. The third kappa shape index (κ3) is 3.36. The summed E-state index contributed by atoms with van der Waals surface area (Å²) in [6.45, 7) is 9.80. The van der Waals surface area contributed by atoms with Crippen LogP contribution in [0.5, 0.6) is 0 Å². The van der Waals surface area contributed by atoms with Gasteiger partial charge >= 0.3 is 5.97 Å². The van der Waals surface area contributed by atoms with Gasteiger partial charge in [0.25, 0.3) is 0 Å². The number of aryl methyl sites for hydroxylation is 1. The Kier molecular flexibility index (Phi) is 3.96. The summed E-state index contributed by atoms with van der Waals surface area (Å²) in [6.07, 6.45) is 0. The summed E-state index contributed by atoms with van der Waals surface area (Å²) in [5, 5.41) is 3.47. The summed E-state index contributed by atoms with van der Waals surface area (Å²) in [5.74, 6) is 1.10. The quantitative estimate of drug-likeness (QED) is 0.841. The second kappa shape index (κ2) is 5.35. The number of hydrogen-bond acceptors (Lipinski definition) is 5. The maximum Gasteiger partial charge on any atom is 0.341 e. The van der Waals surface area contributed by atoms with E-state index in [4.69, 9.17) is 9.15 Å². The van der Waals surface area contributed by atoms with Crippen LogP contribution in [-0.2, 0) is 11.3 Å². The van der Waals surface area contributed by atoms with Gasteiger partial charge in [-0.25, -0.2) is 4.79 Å². The molecule has 0 atom stereocenters. The van der Waals surface area contributed by atoms with Crippen molar-refractivity contribution in [1.82, 2.24) is 10.2 Å². The second-order valence-electron chi connectivity index (χ2n) is 5.70. The van der Waals surface area contributed by atoms with Crippen molar-refractivity contribution in [2.24, 2.45) is 0 Å². The Bertz CT molecular complexity index is 465. The van der Waals surface area contributed by atoms with Crippen LogP contribution in [0.25, 0.3) is 0 Å². The number of piperazine rings is 1. The van der Waals surface area contributed by atoms with Gasteiger partial charge in [-0.15, -0.1) is 0 Å². The lowest BCUT2D eigenvalue weighted by Crippen LogP contribution is -2.56. The van der Waals surface area contributed by atoms with Crippen LogP contribution >= 0.6 is 0 Å². The molecule has 0 radical (unpaired) electrons. The summed E-state index contributed by atoms with van der Waals surface area (Å²) in [5.41, 5.74) is 0.636. The topological polar surface area (TPSA) is 54.7 Å². The van der Waals surface area contributed by atoms with Crippen LogP contribution in [0.1, 0.15) is 35.7 Å². The highest BCUT2D eigenvalue weighted by Gasteiger charge is 2.26. The van der Waals surface area contributed by atoms with Crippen molar-refractivity contribution in [3.63, 3.8) is 0 Å². The number of nitrogens with one attached hydrogen (secondary N) is 1. The molecule has 0 unspecified atom stereocenters. The van der Waals surface area contributed by atoms with Crippen LogP contribution in [0.2, 0.25) is 0 Å². The van der Waals surface area contributed by atoms with E-state index in [1.165, 1.54) is 7.11 Å². The van der Waals surface area contributed by atoms with Crippen molar-refractivity contribution in [1.29, 1.82) is 0 Å². The van der Waals surface area contributed by atoms with E-state index in [-0.39, 0.29) is 11.5 Å². The highest BCUT2D eigenvalue weighted by atomic mass is 16.5. The SMILES string of the molecule is COC(=O)c1cc(CN2CCNC(C)(C)C2)oc1C. The van der Waals surface area contributed by atoms with E-state index in [0.29, 0.717) is 11.3 Å². The number of rotatable bonds is 3. The fourth-order valence-corrected chi connectivity index (χ4v) is 2.54. The molecule has 0 spiro atoms. The van der Waals surface area contributed by atoms with Crippen molar-refractivity contribution < 1.29 is 13.9 Å². The van der Waals surface area contributed by atoms with E-state index in [1.807, 2.05) is 0 Å². The molecule has 1 aliphatic rings. The summed E-state index contributed by atoms with van der Waals surface area (Å²) in [7, 11) is 1.38. The molecular formula is C14H22N2O3. The third-order valence-electron chi connectivity index (χ3n) is 3.40. The fraction of sp³-hybridized carbons (Fsp3) is 0.643. The summed E-state index contributed by atoms with van der Waals surface area (Å²) >= 11 is 0. The molecule has 0 saturated carbocycles. The monoisotopic (exact) mass is 266 g/mol. The first kappa shape index (κ1) is 14.1. The molecule has 2 heterocycles. The normalized spacial score (nSPS) is 19.4. The lowest BCUT2D eigenvalue weighted by atomic mass is 10.0. The van der Waals surface area contributed by atoms with Crippen LogP contribution in [-0.4, -0.2) is 43.2 Å². The van der Waals surface area contributed by atoms with E-state index < -0.39 is 0 Å². The molecule has 19 heavy (non-hydrogen) atoms. The first-order chi connectivity index (χ1) is 8.91. The fourth-order valence-electron chi connectivity index (χ4n) is 2.54. The smallest absolute Gasteiger partial charge is 0.341 e. The molecule has 0 aromatic carbocycles. The highest BCUT2D eigenvalue weighted by Crippen LogP contribution is 2.19. The van der Waals surface area contributed by atoms with Crippen LogP contribution in [0.15, 0.2) is 10.5 Å². The molecule has 2 rings (SSSR count). The van der Waals surface area contributed by atoms with Crippen LogP contribution in [0.4, 0.5) is 0 Å². The van der Waals surface area contributed by atoms with Crippen LogP contribution in [0, 0.1) is 6.92 Å². The van der Waals surface area contributed by atoms with Gasteiger partial charge in [-0.3, -0.25) is 4.90 Å². The summed E-state index contributed by atoms with van der Waals surface area (Å²) in [6, 6.07) is 1.79. The lowest BCUT2D eigenvalue weighted by molar-refractivity contribution is 0.0599. The number of hydrogen-bond donors (Lipinski definition) is 1. The Morgan fingerprint density at radius 1 is 1.58 bits per heavy atom. The number of esters is 1. The predicted molar refractivity (Wildman–Crippen MR) is 72.1 cm³/mol. The summed E-state index contributed by atoms with van der Waals surface area (Å²) in [4.78, 5) is 13.9. The van der Waals surface area contributed by atoms with Crippen molar-refractivity contribution in [3.8, 4) is 0 Å². The van der Waals surface area contributed by atoms with E-state index in [0.717, 1.165) is 31.9 Å². The Morgan fingerprint density at radius 2 is 2.32 bits per heavy atom. The van der Waals surface area contributed by atoms with Gasteiger partial charge in [0.15, 0.2) is 0 Å². The maximum absolute atomic E-state index is 11.5. The van der Waals surface area contributed by atoms with Gasteiger partial charge in [0.1, 0.15) is 17.1 Å². The van der Waals surface area contributed by atoms with Crippen molar-refractivity contribution >= 4 is 5.97 Å². The number of carbonyl (C=O) groups excluding carboxylic acids is 1. The minimum absolute atomic E-state index is 0.116. The molecule has 1 fully saturated rings. The molecule has 0 aliphatic carbocycles. The predicted octanol–water partition coefficient (Wildman–Crippen LogP) is 1.56. The standard InChI is InChI=1S/C14H22N2O3/c1-10-12(13(17)18-4)7-11(19-10)8-16-6-5-15-14(2,3)9-16/h7,15H,5-6,8-9H2,1-4H3. The lowest BCUT2D eigenvalue weighted by Gasteiger charge is -2.38. The molecule has 5 heteroatoms. The average Bonchev–Trinajstić information content (AvgIpc) is 2.68. The second-order valence-corrected chi connectivity index (χ2v) is 5.70. The molecule has 1 aliphatic heterocycles. The van der Waals surface area contributed by atoms with Crippen molar-refractivity contribution in [2.45, 2.75) is 32.9 Å². The number of ether oxygens (including phenoxy) is 1. The zero-order valence-corrected chi connectivity index (χ0v) is 12.1. The van der Waals surface area contributed by atoms with Gasteiger partial charge in [-0.05, 0) is 26.8 Å². The Labute approximate surface area is 113 Å². The number of methoxy groups -OCH3 is 1. The van der Waals surface area contributed by atoms with Crippen molar-refractivity contribution in [2.75, 3.05) is 26.7 Å². The Balaban J connectivity index is 2.05. The minimum Gasteiger partial charge on any atom is -0.465 e. The number of nitrogens with zero attached hydrogens (tertiary/aromatic N) is 1. The van der Waals surface area contributed by atoms with Gasteiger partial charge in [0.05, 0.1) is 13.7 Å². The molecule has 0 bridgehead atoms. The van der Waals surface area contributed by atoms with E-state index in [2.05, 4.69) is 24.1 Å². The molecule has 0 amide bonds. The highest BCUT2D eigenvalue weighted by molar-refractivity contribution is 5.90. The first-order valence-corrected chi connectivity index (χ1v) is 6.56. The summed E-state index contributed by atoms with van der Waals surface area (Å²) < 4.78 is 10.4. The van der Waals surface area contributed by atoms with Crippen LogP contribution < -0.4 is 5.32 Å². The van der Waals surface area contributed by atoms with Gasteiger partial charge in [0.2, 0.25) is 0 Å². The zero-order chi connectivity index (χ0) is 14.0. The van der Waals surface area contributed by atoms with Gasteiger partial charge in [-0.2, -0.15) is 0 Å². The van der Waals surface area contributed by atoms with Gasteiger partial charge in [-0.1, -0.05) is 0 Å². The molecule has 1 aromatic heterocycles. The molecular weight excluding hydrogens is 244 g/mol. The van der Waals surface area contributed by atoms with E-state index in [9.17, 15) is 4.79 Å². The van der Waals surface area contributed by atoms with E-state index >= 15 is 0 Å². The van der Waals surface area contributed by atoms with Gasteiger partial charge in [0, 0.05) is 25.2 Å². The largest absolute Gasteiger partial charge is 0.465 e. The number of carbonyl (C=O) groups is 1. The molecule has 1 saturated heterocycles. The van der Waals surface area contributed by atoms with Gasteiger partial charge < -0.3 is 14.5 Å². The minimum atomic E-state index is -0.340. The zero-order valence-electron chi connectivity index (χ0n) is 12.1. The van der Waals surface area contributed by atoms with Crippen molar-refractivity contribution in [3.05, 3.63) is 23.2 Å². The molecule has 5 nitrogen and oxygen atoms in total. The Hall–Kier alpha value is -1.33. The van der Waals surface area contributed by atoms with Crippen LogP contribution in [0.3, 0.4) is 0 Å². The van der Waals surface area contributed by atoms with E-state index in [1.54, 1.807) is 13.0 Å². The third-order valence-corrected chi connectivity index (χ3v) is 3.40.